The molecule has 0 bridgehead atoms. The lowest BCUT2D eigenvalue weighted by molar-refractivity contribution is -0.121. The molecule has 2 aromatic carbocycles. The van der Waals surface area contributed by atoms with Crippen LogP contribution in [-0.2, 0) is 17.6 Å². The number of ether oxygens (including phenoxy) is 1. The Morgan fingerprint density at radius 1 is 1.22 bits per heavy atom. The summed E-state index contributed by atoms with van der Waals surface area (Å²) in [5.41, 5.74) is 1.86. The summed E-state index contributed by atoms with van der Waals surface area (Å²) in [7, 11) is 1.48. The van der Waals surface area contributed by atoms with Crippen LogP contribution in [0, 0.1) is 11.7 Å². The number of carboxylic acids is 1. The van der Waals surface area contributed by atoms with E-state index in [1.807, 2.05) is 13.0 Å². The van der Waals surface area contributed by atoms with Gasteiger partial charge in [0.25, 0.3) is 0 Å². The molecular weight excluding hydrogens is 349 g/mol. The number of nitrogens with one attached hydrogen (secondary N) is 1. The van der Waals surface area contributed by atoms with Crippen molar-refractivity contribution >= 4 is 11.9 Å². The van der Waals surface area contributed by atoms with Crippen molar-refractivity contribution in [1.82, 2.24) is 5.32 Å². The first-order valence-electron chi connectivity index (χ1n) is 8.80. The molecule has 144 valence electrons. The Labute approximate surface area is 158 Å². The molecule has 0 spiro atoms. The van der Waals surface area contributed by atoms with E-state index in [0.717, 1.165) is 11.1 Å². The Hall–Kier alpha value is -2.89. The number of hydrogen-bond donors (Lipinski definition) is 2. The van der Waals surface area contributed by atoms with E-state index in [1.54, 1.807) is 12.1 Å². The molecule has 0 heterocycles. The highest BCUT2D eigenvalue weighted by Crippen LogP contribution is 2.20. The van der Waals surface area contributed by atoms with Crippen LogP contribution in [0.1, 0.15) is 34.8 Å². The minimum Gasteiger partial charge on any atom is -0.496 e. The zero-order chi connectivity index (χ0) is 19.8. The third-order valence-corrected chi connectivity index (χ3v) is 4.26. The number of carboxylic acid groups (broad SMARTS) is 1. The summed E-state index contributed by atoms with van der Waals surface area (Å²) in [6.45, 7) is 2.38. The van der Waals surface area contributed by atoms with Gasteiger partial charge in [-0.3, -0.25) is 4.79 Å². The van der Waals surface area contributed by atoms with E-state index < -0.39 is 5.97 Å². The molecule has 0 aliphatic carbocycles. The van der Waals surface area contributed by atoms with Gasteiger partial charge in [0.2, 0.25) is 5.91 Å². The predicted molar refractivity (Wildman–Crippen MR) is 101 cm³/mol. The van der Waals surface area contributed by atoms with Gasteiger partial charge >= 0.3 is 5.97 Å². The van der Waals surface area contributed by atoms with E-state index in [1.165, 1.54) is 31.4 Å². The fourth-order valence-corrected chi connectivity index (χ4v) is 2.95. The number of halogens is 1. The zero-order valence-corrected chi connectivity index (χ0v) is 15.5. The smallest absolute Gasteiger partial charge is 0.335 e. The minimum absolute atomic E-state index is 0.0694. The third-order valence-electron chi connectivity index (χ3n) is 4.26. The summed E-state index contributed by atoms with van der Waals surface area (Å²) in [4.78, 5) is 23.1. The van der Waals surface area contributed by atoms with Crippen molar-refractivity contribution in [1.29, 1.82) is 0 Å². The second-order valence-corrected chi connectivity index (χ2v) is 6.58. The molecule has 2 rings (SSSR count). The maximum absolute atomic E-state index is 13.2. The molecule has 27 heavy (non-hydrogen) atoms. The minimum atomic E-state index is -1.01. The van der Waals surface area contributed by atoms with Crippen molar-refractivity contribution in [2.24, 2.45) is 5.92 Å². The Morgan fingerprint density at radius 3 is 2.67 bits per heavy atom. The second kappa shape index (κ2) is 9.71. The first-order valence-corrected chi connectivity index (χ1v) is 8.80. The maximum atomic E-state index is 13.2. The average molecular weight is 373 g/mol. The number of hydrogen-bond acceptors (Lipinski definition) is 3. The van der Waals surface area contributed by atoms with Gasteiger partial charge in [0.1, 0.15) is 11.6 Å². The highest BCUT2D eigenvalue weighted by Gasteiger charge is 2.12. The van der Waals surface area contributed by atoms with Gasteiger partial charge in [0.05, 0.1) is 12.7 Å². The van der Waals surface area contributed by atoms with Gasteiger partial charge in [0.15, 0.2) is 0 Å². The van der Waals surface area contributed by atoms with Gasteiger partial charge in [0, 0.05) is 13.0 Å². The van der Waals surface area contributed by atoms with Crippen LogP contribution < -0.4 is 10.1 Å². The van der Waals surface area contributed by atoms with Crippen LogP contribution in [0.25, 0.3) is 0 Å². The molecule has 0 aliphatic rings. The van der Waals surface area contributed by atoms with Gasteiger partial charge in [-0.25, -0.2) is 9.18 Å². The molecular formula is C21H24FNO4. The van der Waals surface area contributed by atoms with Crippen LogP contribution in [0.4, 0.5) is 4.39 Å². The molecule has 2 N–H and O–H groups in total. The molecule has 0 radical (unpaired) electrons. The topological polar surface area (TPSA) is 75.6 Å². The number of rotatable bonds is 9. The predicted octanol–water partition coefficient (Wildman–Crippen LogP) is 3.46. The van der Waals surface area contributed by atoms with E-state index in [0.29, 0.717) is 31.6 Å². The van der Waals surface area contributed by atoms with E-state index in [-0.39, 0.29) is 23.2 Å². The molecule has 0 aliphatic heterocycles. The largest absolute Gasteiger partial charge is 0.496 e. The van der Waals surface area contributed by atoms with Crippen LogP contribution in [0.2, 0.25) is 0 Å². The first-order chi connectivity index (χ1) is 12.9. The SMILES string of the molecule is COc1cc(C(=O)O)ccc1CCNC(=O)CC(C)Cc1cccc(F)c1. The third kappa shape index (κ3) is 6.40. The molecule has 0 saturated carbocycles. The van der Waals surface area contributed by atoms with Crippen molar-refractivity contribution in [2.75, 3.05) is 13.7 Å². The summed E-state index contributed by atoms with van der Waals surface area (Å²) in [5.74, 6) is -0.771. The number of benzene rings is 2. The van der Waals surface area contributed by atoms with Crippen LogP contribution in [0.15, 0.2) is 42.5 Å². The lowest BCUT2D eigenvalue weighted by Gasteiger charge is -2.13. The van der Waals surface area contributed by atoms with E-state index in [2.05, 4.69) is 5.32 Å². The lowest BCUT2D eigenvalue weighted by Crippen LogP contribution is -2.27. The molecule has 6 heteroatoms. The lowest BCUT2D eigenvalue weighted by atomic mass is 9.97. The standard InChI is InChI=1S/C21H24FNO4/c1-14(10-15-4-3-5-18(22)12-15)11-20(24)23-9-8-16-6-7-17(21(25)26)13-19(16)27-2/h3-7,12-14H,8-11H2,1-2H3,(H,23,24)(H,25,26). The van der Waals surface area contributed by atoms with Gasteiger partial charge in [-0.2, -0.15) is 0 Å². The Morgan fingerprint density at radius 2 is 2.00 bits per heavy atom. The van der Waals surface area contributed by atoms with Gasteiger partial charge in [-0.15, -0.1) is 0 Å². The molecule has 0 aromatic heterocycles. The monoisotopic (exact) mass is 373 g/mol. The van der Waals surface area contributed by atoms with Crippen LogP contribution >= 0.6 is 0 Å². The summed E-state index contributed by atoms with van der Waals surface area (Å²) >= 11 is 0. The zero-order valence-electron chi connectivity index (χ0n) is 15.5. The quantitative estimate of drug-likeness (QED) is 0.706. The fraction of sp³-hybridized carbons (Fsp3) is 0.333. The van der Waals surface area contributed by atoms with Crippen molar-refractivity contribution in [3.63, 3.8) is 0 Å². The molecule has 2 aromatic rings. The number of aromatic carboxylic acids is 1. The summed E-state index contributed by atoms with van der Waals surface area (Å²) < 4.78 is 18.4. The Kier molecular flexibility index (Phi) is 7.34. The van der Waals surface area contributed by atoms with Gasteiger partial charge in [-0.05, 0) is 54.2 Å². The Balaban J connectivity index is 1.81. The van der Waals surface area contributed by atoms with Crippen molar-refractivity contribution in [2.45, 2.75) is 26.2 Å². The molecule has 0 saturated heterocycles. The van der Waals surface area contributed by atoms with Crippen molar-refractivity contribution < 1.29 is 23.8 Å². The summed E-state index contributed by atoms with van der Waals surface area (Å²) in [6.07, 6.45) is 1.52. The van der Waals surface area contributed by atoms with E-state index >= 15 is 0 Å². The van der Waals surface area contributed by atoms with E-state index in [9.17, 15) is 14.0 Å². The Bertz CT molecular complexity index is 807. The second-order valence-electron chi connectivity index (χ2n) is 6.58. The van der Waals surface area contributed by atoms with Crippen molar-refractivity contribution in [3.8, 4) is 5.75 Å². The summed E-state index contributed by atoms with van der Waals surface area (Å²) in [6, 6.07) is 11.1. The van der Waals surface area contributed by atoms with Gasteiger partial charge in [-0.1, -0.05) is 25.1 Å². The van der Waals surface area contributed by atoms with Crippen LogP contribution in [0.3, 0.4) is 0 Å². The van der Waals surface area contributed by atoms with Crippen LogP contribution in [-0.4, -0.2) is 30.6 Å². The first kappa shape index (κ1) is 20.4. The number of methoxy groups -OCH3 is 1. The number of carbonyl (C=O) groups is 2. The van der Waals surface area contributed by atoms with E-state index in [4.69, 9.17) is 9.84 Å². The van der Waals surface area contributed by atoms with Gasteiger partial charge < -0.3 is 15.2 Å². The molecule has 5 nitrogen and oxygen atoms in total. The average Bonchev–Trinajstić information content (AvgIpc) is 2.61. The maximum Gasteiger partial charge on any atom is 0.335 e. The molecule has 0 fully saturated rings. The van der Waals surface area contributed by atoms with Crippen LogP contribution in [0.5, 0.6) is 5.75 Å². The molecule has 1 atom stereocenters. The number of amides is 1. The molecule has 1 unspecified atom stereocenters. The number of carbonyl (C=O) groups excluding carboxylic acids is 1. The highest BCUT2D eigenvalue weighted by molar-refractivity contribution is 5.88. The van der Waals surface area contributed by atoms with Crippen molar-refractivity contribution in [3.05, 3.63) is 65.0 Å². The normalized spacial score (nSPS) is 11.7. The molecule has 1 amide bonds. The highest BCUT2D eigenvalue weighted by atomic mass is 19.1. The summed E-state index contributed by atoms with van der Waals surface area (Å²) in [5, 5.41) is 11.9. The fourth-order valence-electron chi connectivity index (χ4n) is 2.95.